The number of ether oxygens (including phenoxy) is 1. The van der Waals surface area contributed by atoms with Gasteiger partial charge in [-0.2, -0.15) is 18.2 Å². The van der Waals surface area contributed by atoms with Crippen LogP contribution in [0.3, 0.4) is 0 Å². The van der Waals surface area contributed by atoms with E-state index in [4.69, 9.17) is 9.15 Å². The molecule has 0 aliphatic carbocycles. The van der Waals surface area contributed by atoms with Gasteiger partial charge in [0.1, 0.15) is 10.5 Å². The Hall–Kier alpha value is -2.86. The lowest BCUT2D eigenvalue weighted by Crippen LogP contribution is -2.70. The predicted molar refractivity (Wildman–Crippen MR) is 110 cm³/mol. The van der Waals surface area contributed by atoms with Crippen LogP contribution in [0.15, 0.2) is 28.1 Å². The zero-order chi connectivity index (χ0) is 22.8. The van der Waals surface area contributed by atoms with Crippen molar-refractivity contribution < 1.29 is 32.2 Å². The molecule has 3 aliphatic heterocycles. The molecule has 12 heteroatoms. The van der Waals surface area contributed by atoms with E-state index in [-0.39, 0.29) is 29.2 Å². The largest absolute Gasteiger partial charge is 0.465 e. The topological polar surface area (TPSA) is 91.9 Å². The van der Waals surface area contributed by atoms with Gasteiger partial charge in [0.25, 0.3) is 6.01 Å². The number of thiazole rings is 1. The second-order valence-corrected chi connectivity index (χ2v) is 8.97. The first-order valence-corrected chi connectivity index (χ1v) is 10.7. The first kappa shape index (κ1) is 21.0. The van der Waals surface area contributed by atoms with Gasteiger partial charge in [0.2, 0.25) is 0 Å². The molecular formula is C20H19F3N4O4S. The molecule has 6 rings (SSSR count). The summed E-state index contributed by atoms with van der Waals surface area (Å²) >= 11 is 1.27. The molecule has 1 N–H and O–H groups in total. The van der Waals surface area contributed by atoms with Crippen LogP contribution >= 0.6 is 11.3 Å². The summed E-state index contributed by atoms with van der Waals surface area (Å²) in [5.41, 5.74) is -1.67. The van der Waals surface area contributed by atoms with Crippen LogP contribution in [-0.4, -0.2) is 64.5 Å². The summed E-state index contributed by atoms with van der Waals surface area (Å²) in [7, 11) is 1.02. The average molecular weight is 468 g/mol. The number of carboxylic acid groups (broad SMARTS) is 1. The maximum absolute atomic E-state index is 13.9. The summed E-state index contributed by atoms with van der Waals surface area (Å²) in [6.45, 7) is 1.79. The molecule has 1 amide bonds. The van der Waals surface area contributed by atoms with Crippen molar-refractivity contribution in [2.24, 2.45) is 0 Å². The Balaban J connectivity index is 1.60. The van der Waals surface area contributed by atoms with E-state index in [1.54, 1.807) is 11.6 Å². The quantitative estimate of drug-likeness (QED) is 0.610. The van der Waals surface area contributed by atoms with Crippen molar-refractivity contribution in [2.75, 3.05) is 25.1 Å². The number of piperazine rings is 1. The average Bonchev–Trinajstić information content (AvgIpc) is 3.41. The Kier molecular flexibility index (Phi) is 4.64. The van der Waals surface area contributed by atoms with E-state index >= 15 is 0 Å². The maximum atomic E-state index is 13.9. The van der Waals surface area contributed by atoms with Crippen LogP contribution in [0.1, 0.15) is 18.9 Å². The van der Waals surface area contributed by atoms with Crippen molar-refractivity contribution in [3.05, 3.63) is 29.3 Å². The van der Waals surface area contributed by atoms with Gasteiger partial charge in [0.15, 0.2) is 11.2 Å². The Morgan fingerprint density at radius 2 is 2.03 bits per heavy atom. The number of alkyl halides is 3. The van der Waals surface area contributed by atoms with E-state index in [1.807, 2.05) is 4.90 Å². The minimum Gasteiger partial charge on any atom is -0.465 e. The molecule has 3 atom stereocenters. The van der Waals surface area contributed by atoms with Gasteiger partial charge >= 0.3 is 12.3 Å². The highest BCUT2D eigenvalue weighted by atomic mass is 32.1. The number of oxazole rings is 1. The number of methoxy groups -OCH3 is 1. The zero-order valence-corrected chi connectivity index (χ0v) is 17.9. The Bertz CT molecular complexity index is 1170. The maximum Gasteiger partial charge on any atom is 0.421 e. The molecule has 3 aromatic rings. The molecule has 170 valence electrons. The molecule has 3 unspecified atom stereocenters. The highest BCUT2D eigenvalue weighted by Gasteiger charge is 2.53. The summed E-state index contributed by atoms with van der Waals surface area (Å²) in [5, 5.41) is 11.5. The number of rotatable bonds is 4. The number of anilines is 1. The molecule has 3 saturated heterocycles. The van der Waals surface area contributed by atoms with Crippen LogP contribution < -0.4 is 4.90 Å². The van der Waals surface area contributed by atoms with Crippen LogP contribution in [0.25, 0.3) is 21.7 Å². The Labute approximate surface area is 184 Å². The van der Waals surface area contributed by atoms with Crippen molar-refractivity contribution in [1.29, 1.82) is 0 Å². The summed E-state index contributed by atoms with van der Waals surface area (Å²) in [5.74, 6) is 0. The van der Waals surface area contributed by atoms with Gasteiger partial charge in [-0.05, 0) is 31.0 Å². The van der Waals surface area contributed by atoms with E-state index in [2.05, 4.69) is 9.97 Å². The first-order chi connectivity index (χ1) is 15.1. The zero-order valence-electron chi connectivity index (χ0n) is 17.1. The SMILES string of the molecule is COC(C)(c1cc(-c2nccs2)c2oc(N3CC4CC(C3)N4C(=O)O)nc2c1)C(F)(F)F. The van der Waals surface area contributed by atoms with Crippen molar-refractivity contribution >= 4 is 34.5 Å². The number of aromatic nitrogens is 2. The molecule has 2 bridgehead atoms. The fourth-order valence-corrected chi connectivity index (χ4v) is 5.07. The van der Waals surface area contributed by atoms with Gasteiger partial charge in [0, 0.05) is 31.8 Å². The lowest BCUT2D eigenvalue weighted by atomic mass is 9.88. The van der Waals surface area contributed by atoms with Gasteiger partial charge in [-0.1, -0.05) is 0 Å². The first-order valence-electron chi connectivity index (χ1n) is 9.85. The summed E-state index contributed by atoms with van der Waals surface area (Å²) < 4.78 is 52.5. The smallest absolute Gasteiger partial charge is 0.421 e. The van der Waals surface area contributed by atoms with Crippen LogP contribution in [-0.2, 0) is 10.3 Å². The van der Waals surface area contributed by atoms with Gasteiger partial charge < -0.3 is 19.2 Å². The number of piperidine rings is 1. The lowest BCUT2D eigenvalue weighted by molar-refractivity contribution is -0.269. The number of halogens is 3. The molecular weight excluding hydrogens is 449 g/mol. The second kappa shape index (κ2) is 7.07. The minimum absolute atomic E-state index is 0.108. The molecule has 0 radical (unpaired) electrons. The molecule has 32 heavy (non-hydrogen) atoms. The second-order valence-electron chi connectivity index (χ2n) is 8.08. The van der Waals surface area contributed by atoms with Crippen LogP contribution in [0.2, 0.25) is 0 Å². The Morgan fingerprint density at radius 1 is 1.31 bits per heavy atom. The lowest BCUT2D eigenvalue weighted by Gasteiger charge is -2.54. The predicted octanol–water partition coefficient (Wildman–Crippen LogP) is 4.32. The van der Waals surface area contributed by atoms with Crippen molar-refractivity contribution in [3.8, 4) is 10.6 Å². The van der Waals surface area contributed by atoms with Crippen molar-refractivity contribution in [3.63, 3.8) is 0 Å². The normalized spacial score (nSPS) is 22.7. The van der Waals surface area contributed by atoms with E-state index in [1.165, 1.54) is 28.4 Å². The molecule has 1 aromatic carbocycles. The number of nitrogens with zero attached hydrogens (tertiary/aromatic N) is 4. The number of benzene rings is 1. The number of hydrogen-bond donors (Lipinski definition) is 1. The number of carbonyl (C=O) groups is 1. The Morgan fingerprint density at radius 3 is 2.59 bits per heavy atom. The molecule has 8 nitrogen and oxygen atoms in total. The number of hydrogen-bond acceptors (Lipinski definition) is 7. The molecule has 3 fully saturated rings. The summed E-state index contributed by atoms with van der Waals surface area (Å²) in [4.78, 5) is 23.3. The highest BCUT2D eigenvalue weighted by molar-refractivity contribution is 7.13. The number of fused-ring (bicyclic) bond motifs is 3. The van der Waals surface area contributed by atoms with Crippen LogP contribution in [0, 0.1) is 0 Å². The molecule has 0 saturated carbocycles. The van der Waals surface area contributed by atoms with E-state index < -0.39 is 17.9 Å². The van der Waals surface area contributed by atoms with Crippen molar-refractivity contribution in [1.82, 2.24) is 14.9 Å². The highest BCUT2D eigenvalue weighted by Crippen LogP contribution is 2.45. The standard InChI is InChI=1S/C20H19F3N4O4S/c1-19(30-2,20(21,22)23)10-5-13(16-24-3-4-32-16)15-14(6-10)25-17(31-15)26-8-11-7-12(9-26)27(11)18(28)29/h3-6,11-12H,7-9H2,1-2H3,(H,28,29). The fourth-order valence-electron chi connectivity index (χ4n) is 4.42. The van der Waals surface area contributed by atoms with Crippen molar-refractivity contribution in [2.45, 2.75) is 37.2 Å². The molecule has 5 heterocycles. The third kappa shape index (κ3) is 3.04. The molecule has 2 aromatic heterocycles. The van der Waals surface area contributed by atoms with E-state index in [0.717, 1.165) is 20.5 Å². The fraction of sp³-hybridized carbons (Fsp3) is 0.450. The van der Waals surface area contributed by atoms with Crippen LogP contribution in [0.4, 0.5) is 24.0 Å². The van der Waals surface area contributed by atoms with Gasteiger partial charge in [-0.15, -0.1) is 11.3 Å². The third-order valence-corrected chi connectivity index (χ3v) is 7.13. The van der Waals surface area contributed by atoms with Gasteiger partial charge in [-0.25, -0.2) is 9.78 Å². The molecule has 0 spiro atoms. The summed E-state index contributed by atoms with van der Waals surface area (Å²) in [6, 6.07) is 2.65. The van der Waals surface area contributed by atoms with Crippen LogP contribution in [0.5, 0.6) is 0 Å². The minimum atomic E-state index is -4.66. The van der Waals surface area contributed by atoms with E-state index in [9.17, 15) is 23.1 Å². The molecule has 3 aliphatic rings. The third-order valence-electron chi connectivity index (χ3n) is 6.33. The van der Waals surface area contributed by atoms with Gasteiger partial charge in [-0.3, -0.25) is 4.90 Å². The van der Waals surface area contributed by atoms with Gasteiger partial charge in [0.05, 0.1) is 17.6 Å². The number of amides is 1. The monoisotopic (exact) mass is 468 g/mol. The summed E-state index contributed by atoms with van der Waals surface area (Å²) in [6.07, 6.45) is -3.27. The van der Waals surface area contributed by atoms with E-state index in [0.29, 0.717) is 29.2 Å².